The lowest BCUT2D eigenvalue weighted by Crippen LogP contribution is -2.28. The summed E-state index contributed by atoms with van der Waals surface area (Å²) in [5, 5.41) is 5.70. The van der Waals surface area contributed by atoms with Crippen molar-refractivity contribution in [1.29, 1.82) is 0 Å². The first-order chi connectivity index (χ1) is 15.8. The zero-order chi connectivity index (χ0) is 23.3. The number of carbonyl (C=O) groups excluding carboxylic acids is 1. The second-order valence-corrected chi connectivity index (χ2v) is 10.8. The molecule has 0 aliphatic carbocycles. The first-order valence-corrected chi connectivity index (χ1v) is 13.1. The fourth-order valence-electron chi connectivity index (χ4n) is 4.67. The van der Waals surface area contributed by atoms with Gasteiger partial charge in [0.05, 0.1) is 29.1 Å². The highest BCUT2D eigenvalue weighted by atomic mass is 35.5. The Labute approximate surface area is 196 Å². The van der Waals surface area contributed by atoms with Gasteiger partial charge in [-0.25, -0.2) is 13.4 Å². The molecule has 1 saturated heterocycles. The number of rotatable bonds is 5. The van der Waals surface area contributed by atoms with Crippen LogP contribution in [0.3, 0.4) is 0 Å². The van der Waals surface area contributed by atoms with E-state index in [-0.39, 0.29) is 17.0 Å². The van der Waals surface area contributed by atoms with Crippen LogP contribution < -0.4 is 0 Å². The second kappa shape index (κ2) is 8.14. The summed E-state index contributed by atoms with van der Waals surface area (Å²) in [6.07, 6.45) is 2.47. The first-order valence-electron chi connectivity index (χ1n) is 10.9. The molecule has 33 heavy (non-hydrogen) atoms. The van der Waals surface area contributed by atoms with Crippen molar-refractivity contribution < 1.29 is 13.2 Å². The number of para-hydroxylation sites is 1. The van der Waals surface area contributed by atoms with Crippen molar-refractivity contribution >= 4 is 49.3 Å². The van der Waals surface area contributed by atoms with E-state index in [1.54, 1.807) is 16.8 Å². The third-order valence-corrected chi connectivity index (χ3v) is 7.41. The lowest BCUT2D eigenvalue weighted by atomic mass is 10.2. The largest absolute Gasteiger partial charge is 0.341 e. The zero-order valence-electron chi connectivity index (χ0n) is 18.4. The summed E-state index contributed by atoms with van der Waals surface area (Å²) < 4.78 is 28.5. The Bertz CT molecular complexity index is 1490. The van der Waals surface area contributed by atoms with Gasteiger partial charge in [0.1, 0.15) is 5.82 Å². The second-order valence-electron chi connectivity index (χ2n) is 8.42. The van der Waals surface area contributed by atoms with Gasteiger partial charge < -0.3 is 9.47 Å². The van der Waals surface area contributed by atoms with Gasteiger partial charge in [-0.2, -0.15) is 5.10 Å². The predicted octanol–water partition coefficient (Wildman–Crippen LogP) is 3.67. The normalized spacial score (nSPS) is 16.8. The molecule has 8 nitrogen and oxygen atoms in total. The molecule has 3 heterocycles. The van der Waals surface area contributed by atoms with E-state index in [9.17, 15) is 13.2 Å². The van der Waals surface area contributed by atoms with E-state index in [4.69, 9.17) is 16.6 Å². The molecule has 0 saturated carbocycles. The first kappa shape index (κ1) is 21.9. The van der Waals surface area contributed by atoms with Crippen LogP contribution in [0.15, 0.2) is 47.5 Å². The van der Waals surface area contributed by atoms with Crippen molar-refractivity contribution in [3.63, 3.8) is 0 Å². The van der Waals surface area contributed by atoms with E-state index in [1.807, 2.05) is 42.2 Å². The molecule has 4 aromatic rings. The highest BCUT2D eigenvalue weighted by molar-refractivity contribution is 7.90. The lowest BCUT2D eigenvalue weighted by molar-refractivity contribution is -0.129. The van der Waals surface area contributed by atoms with Crippen LogP contribution in [0, 0.1) is 0 Å². The van der Waals surface area contributed by atoms with Gasteiger partial charge in [-0.3, -0.25) is 9.48 Å². The molecule has 0 bridgehead atoms. The minimum Gasteiger partial charge on any atom is -0.341 e. The van der Waals surface area contributed by atoms with Crippen molar-refractivity contribution in [2.24, 2.45) is 0 Å². The van der Waals surface area contributed by atoms with Crippen molar-refractivity contribution in [2.45, 2.75) is 37.4 Å². The average Bonchev–Trinajstić information content (AvgIpc) is 3.48. The number of hydrogen-bond acceptors (Lipinski definition) is 5. The molecular weight excluding hydrogens is 462 g/mol. The highest BCUT2D eigenvalue weighted by Gasteiger charge is 2.30. The Kier molecular flexibility index (Phi) is 5.41. The number of halogens is 1. The van der Waals surface area contributed by atoms with E-state index in [0.29, 0.717) is 36.5 Å². The smallest absolute Gasteiger partial charge is 0.222 e. The molecule has 1 unspecified atom stereocenters. The summed E-state index contributed by atoms with van der Waals surface area (Å²) in [5.41, 5.74) is 2.42. The SMILES string of the molecule is CCC(=O)N1CCC(n2c(Cn3nc(S(C)(=O)=O)c4ccccc43)nc3cc(Cl)ccc32)C1. The van der Waals surface area contributed by atoms with Crippen LogP contribution in [0.25, 0.3) is 21.9 Å². The van der Waals surface area contributed by atoms with Crippen LogP contribution in [-0.4, -0.2) is 57.9 Å². The number of likely N-dealkylation sites (tertiary alicyclic amines) is 1. The molecule has 1 amide bonds. The fraction of sp³-hybridized carbons (Fsp3) is 0.348. The van der Waals surface area contributed by atoms with Gasteiger partial charge in [0.25, 0.3) is 0 Å². The Morgan fingerprint density at radius 3 is 2.73 bits per heavy atom. The number of carbonyl (C=O) groups is 1. The van der Waals surface area contributed by atoms with Gasteiger partial charge in [-0.1, -0.05) is 30.7 Å². The van der Waals surface area contributed by atoms with E-state index < -0.39 is 9.84 Å². The van der Waals surface area contributed by atoms with Crippen molar-refractivity contribution in [3.8, 4) is 0 Å². The number of fused-ring (bicyclic) bond motifs is 2. The molecule has 0 radical (unpaired) electrons. The van der Waals surface area contributed by atoms with Crippen LogP contribution in [0.5, 0.6) is 0 Å². The molecule has 0 N–H and O–H groups in total. The van der Waals surface area contributed by atoms with E-state index >= 15 is 0 Å². The maximum Gasteiger partial charge on any atom is 0.222 e. The summed E-state index contributed by atoms with van der Waals surface area (Å²) in [4.78, 5) is 19.0. The van der Waals surface area contributed by atoms with Crippen molar-refractivity contribution in [3.05, 3.63) is 53.3 Å². The van der Waals surface area contributed by atoms with Crippen LogP contribution >= 0.6 is 11.6 Å². The van der Waals surface area contributed by atoms with Gasteiger partial charge in [0.2, 0.25) is 5.91 Å². The van der Waals surface area contributed by atoms with Gasteiger partial charge in [0, 0.05) is 36.2 Å². The van der Waals surface area contributed by atoms with Crippen molar-refractivity contribution in [2.75, 3.05) is 19.3 Å². The number of nitrogens with zero attached hydrogens (tertiary/aromatic N) is 5. The number of sulfone groups is 1. The highest BCUT2D eigenvalue weighted by Crippen LogP contribution is 2.31. The summed E-state index contributed by atoms with van der Waals surface area (Å²) in [6, 6.07) is 13.0. The molecule has 1 fully saturated rings. The molecule has 1 aliphatic rings. The fourth-order valence-corrected chi connectivity index (χ4v) is 5.65. The standard InChI is InChI=1S/C23H24ClN5O3S/c1-3-22(30)27-11-10-16(13-27)29-20-9-8-15(24)12-18(20)25-21(29)14-28-19-7-5-4-6-17(19)23(26-28)33(2,31)32/h4-9,12,16H,3,10-11,13-14H2,1-2H3. The monoisotopic (exact) mass is 485 g/mol. The molecule has 2 aromatic heterocycles. The summed E-state index contributed by atoms with van der Waals surface area (Å²) in [7, 11) is -3.50. The maximum atomic E-state index is 12.3. The zero-order valence-corrected chi connectivity index (χ0v) is 20.0. The minimum absolute atomic E-state index is 0.0596. The van der Waals surface area contributed by atoms with Gasteiger partial charge in [-0.05, 0) is 36.8 Å². The number of hydrogen-bond donors (Lipinski definition) is 0. The van der Waals surface area contributed by atoms with E-state index in [0.717, 1.165) is 28.8 Å². The molecule has 172 valence electrons. The van der Waals surface area contributed by atoms with Crippen molar-refractivity contribution in [1.82, 2.24) is 24.2 Å². The van der Waals surface area contributed by atoms with E-state index in [2.05, 4.69) is 9.67 Å². The molecule has 10 heteroatoms. The minimum atomic E-state index is -3.50. The quantitative estimate of drug-likeness (QED) is 0.430. The van der Waals surface area contributed by atoms with Crippen LogP contribution in [0.4, 0.5) is 0 Å². The third-order valence-electron chi connectivity index (χ3n) is 6.17. The Hall–Kier alpha value is -2.91. The van der Waals surface area contributed by atoms with Gasteiger partial charge in [-0.15, -0.1) is 0 Å². The number of amides is 1. The molecule has 5 rings (SSSR count). The summed E-state index contributed by atoms with van der Waals surface area (Å²) in [5.74, 6) is 0.888. The van der Waals surface area contributed by atoms with E-state index in [1.165, 1.54) is 6.26 Å². The molecule has 1 aliphatic heterocycles. The summed E-state index contributed by atoms with van der Waals surface area (Å²) >= 11 is 6.23. The predicted molar refractivity (Wildman–Crippen MR) is 127 cm³/mol. The number of imidazole rings is 1. The van der Waals surface area contributed by atoms with Crippen LogP contribution in [-0.2, 0) is 21.2 Å². The Balaban J connectivity index is 1.63. The lowest BCUT2D eigenvalue weighted by Gasteiger charge is -2.19. The van der Waals surface area contributed by atoms with Gasteiger partial charge in [0.15, 0.2) is 14.9 Å². The number of benzene rings is 2. The molecule has 1 atom stereocenters. The molecular formula is C23H24ClN5O3S. The molecule has 0 spiro atoms. The van der Waals surface area contributed by atoms with Crippen LogP contribution in [0.2, 0.25) is 5.02 Å². The topological polar surface area (TPSA) is 90.1 Å². The third kappa shape index (κ3) is 3.89. The number of aromatic nitrogens is 4. The van der Waals surface area contributed by atoms with Gasteiger partial charge >= 0.3 is 0 Å². The Morgan fingerprint density at radius 2 is 1.97 bits per heavy atom. The summed E-state index contributed by atoms with van der Waals surface area (Å²) in [6.45, 7) is 3.48. The maximum absolute atomic E-state index is 12.3. The average molecular weight is 486 g/mol. The Morgan fingerprint density at radius 1 is 1.18 bits per heavy atom. The van der Waals surface area contributed by atoms with Crippen LogP contribution in [0.1, 0.15) is 31.6 Å². The molecule has 2 aromatic carbocycles.